The quantitative estimate of drug-likeness (QED) is 0.798. The summed E-state index contributed by atoms with van der Waals surface area (Å²) in [4.78, 5) is 8.34. The third kappa shape index (κ3) is 2.01. The lowest BCUT2D eigenvalue weighted by Gasteiger charge is -1.98. The van der Waals surface area contributed by atoms with Gasteiger partial charge < -0.3 is 0 Å². The van der Waals surface area contributed by atoms with Gasteiger partial charge >= 0.3 is 0 Å². The van der Waals surface area contributed by atoms with Gasteiger partial charge in [0.1, 0.15) is 0 Å². The van der Waals surface area contributed by atoms with Crippen molar-refractivity contribution in [3.8, 4) is 5.95 Å². The Hall–Kier alpha value is -0.750. The lowest BCUT2D eigenvalue weighted by Crippen LogP contribution is -2.01. The molecule has 0 aliphatic rings. The number of halogens is 2. The van der Waals surface area contributed by atoms with E-state index in [9.17, 15) is 0 Å². The summed E-state index contributed by atoms with van der Waals surface area (Å²) in [5.41, 5.74) is 1.04. The number of alkyl halides is 1. The Morgan fingerprint density at radius 1 is 1.21 bits per heavy atom. The van der Waals surface area contributed by atoms with Crippen molar-refractivity contribution in [1.82, 2.24) is 19.7 Å². The van der Waals surface area contributed by atoms with Crippen LogP contribution in [0.2, 0.25) is 0 Å². The van der Waals surface area contributed by atoms with E-state index in [2.05, 4.69) is 46.9 Å². The van der Waals surface area contributed by atoms with Crippen LogP contribution in [0.1, 0.15) is 5.56 Å². The summed E-state index contributed by atoms with van der Waals surface area (Å²) in [6.45, 7) is 0. The number of hydrogen-bond donors (Lipinski definition) is 0. The van der Waals surface area contributed by atoms with Gasteiger partial charge in [0.25, 0.3) is 0 Å². The molecule has 0 aliphatic heterocycles. The fourth-order valence-corrected chi connectivity index (χ4v) is 1.52. The SMILES string of the molecule is BrCc1cnc(-n2cc(Br)cn2)nc1. The van der Waals surface area contributed by atoms with Crippen molar-refractivity contribution in [1.29, 1.82) is 0 Å². The molecule has 0 unspecified atom stereocenters. The van der Waals surface area contributed by atoms with Gasteiger partial charge in [0.2, 0.25) is 5.95 Å². The van der Waals surface area contributed by atoms with Crippen LogP contribution in [0.25, 0.3) is 5.95 Å². The number of nitrogens with zero attached hydrogens (tertiary/aromatic N) is 4. The van der Waals surface area contributed by atoms with Crippen LogP contribution in [0.15, 0.2) is 29.3 Å². The summed E-state index contributed by atoms with van der Waals surface area (Å²) in [5.74, 6) is 0.570. The van der Waals surface area contributed by atoms with Gasteiger partial charge in [-0.3, -0.25) is 0 Å². The topological polar surface area (TPSA) is 43.6 Å². The Balaban J connectivity index is 2.33. The second-order valence-electron chi connectivity index (χ2n) is 2.63. The molecule has 4 nitrogen and oxygen atoms in total. The van der Waals surface area contributed by atoms with Crippen LogP contribution < -0.4 is 0 Å². The zero-order chi connectivity index (χ0) is 9.97. The van der Waals surface area contributed by atoms with Crippen molar-refractivity contribution < 1.29 is 0 Å². The maximum absolute atomic E-state index is 4.17. The Bertz CT molecular complexity index is 423. The molecule has 0 N–H and O–H groups in total. The highest BCUT2D eigenvalue weighted by Gasteiger charge is 2.01. The molecule has 2 heterocycles. The first-order valence-corrected chi connectivity index (χ1v) is 5.78. The minimum absolute atomic E-state index is 0.570. The zero-order valence-corrected chi connectivity index (χ0v) is 10.2. The minimum Gasteiger partial charge on any atom is -0.219 e. The normalized spacial score (nSPS) is 10.4. The van der Waals surface area contributed by atoms with Gasteiger partial charge in [-0.05, 0) is 21.5 Å². The molecule has 2 rings (SSSR count). The molecule has 0 radical (unpaired) electrons. The molecule has 0 saturated carbocycles. The van der Waals surface area contributed by atoms with Gasteiger partial charge in [-0.15, -0.1) is 0 Å². The van der Waals surface area contributed by atoms with E-state index in [4.69, 9.17) is 0 Å². The molecule has 2 aromatic heterocycles. The predicted molar refractivity (Wildman–Crippen MR) is 59.5 cm³/mol. The van der Waals surface area contributed by atoms with Crippen LogP contribution in [0, 0.1) is 0 Å². The van der Waals surface area contributed by atoms with E-state index in [0.717, 1.165) is 15.4 Å². The fraction of sp³-hybridized carbons (Fsp3) is 0.125. The van der Waals surface area contributed by atoms with Gasteiger partial charge in [-0.25, -0.2) is 14.6 Å². The molecule has 14 heavy (non-hydrogen) atoms. The zero-order valence-electron chi connectivity index (χ0n) is 7.06. The van der Waals surface area contributed by atoms with E-state index in [-0.39, 0.29) is 0 Å². The molecular weight excluding hydrogens is 312 g/mol. The molecule has 0 saturated heterocycles. The fourth-order valence-electron chi connectivity index (χ4n) is 0.945. The van der Waals surface area contributed by atoms with E-state index in [1.54, 1.807) is 23.3 Å². The van der Waals surface area contributed by atoms with Crippen molar-refractivity contribution in [3.63, 3.8) is 0 Å². The van der Waals surface area contributed by atoms with Crippen LogP contribution in [-0.2, 0) is 5.33 Å². The molecule has 0 spiro atoms. The lowest BCUT2D eigenvalue weighted by molar-refractivity contribution is 0.804. The smallest absolute Gasteiger partial charge is 0.219 e. The minimum atomic E-state index is 0.570. The van der Waals surface area contributed by atoms with Crippen molar-refractivity contribution in [2.75, 3.05) is 0 Å². The molecular formula is C8H6Br2N4. The van der Waals surface area contributed by atoms with Gasteiger partial charge in [0, 0.05) is 23.9 Å². The summed E-state index contributed by atoms with van der Waals surface area (Å²) >= 11 is 6.64. The first-order chi connectivity index (χ1) is 6.79. The van der Waals surface area contributed by atoms with Crippen molar-refractivity contribution in [2.45, 2.75) is 5.33 Å². The molecule has 2 aromatic rings. The first kappa shape index (κ1) is 9.79. The highest BCUT2D eigenvalue weighted by molar-refractivity contribution is 9.10. The van der Waals surface area contributed by atoms with Gasteiger partial charge in [0.15, 0.2) is 0 Å². The van der Waals surface area contributed by atoms with Crippen LogP contribution in [0.5, 0.6) is 0 Å². The van der Waals surface area contributed by atoms with Crippen molar-refractivity contribution in [3.05, 3.63) is 34.8 Å². The monoisotopic (exact) mass is 316 g/mol. The second-order valence-corrected chi connectivity index (χ2v) is 4.10. The van der Waals surface area contributed by atoms with Crippen LogP contribution >= 0.6 is 31.9 Å². The maximum atomic E-state index is 4.17. The Morgan fingerprint density at radius 2 is 1.93 bits per heavy atom. The van der Waals surface area contributed by atoms with Gasteiger partial charge in [-0.2, -0.15) is 5.10 Å². The summed E-state index contributed by atoms with van der Waals surface area (Å²) in [6.07, 6.45) is 7.05. The van der Waals surface area contributed by atoms with E-state index in [1.807, 2.05) is 6.20 Å². The molecule has 0 bridgehead atoms. The number of rotatable bonds is 2. The standard InChI is InChI=1S/C8H6Br2N4/c9-1-6-2-11-8(12-3-6)14-5-7(10)4-13-14/h2-5H,1H2. The largest absolute Gasteiger partial charge is 0.250 e. The molecule has 0 aliphatic carbocycles. The van der Waals surface area contributed by atoms with Gasteiger partial charge in [0.05, 0.1) is 10.7 Å². The summed E-state index contributed by atoms with van der Waals surface area (Å²) in [5, 5.41) is 4.83. The molecule has 0 fully saturated rings. The third-order valence-corrected chi connectivity index (χ3v) is 2.66. The average Bonchev–Trinajstić information content (AvgIpc) is 2.65. The number of aromatic nitrogens is 4. The van der Waals surface area contributed by atoms with Crippen LogP contribution in [-0.4, -0.2) is 19.7 Å². The van der Waals surface area contributed by atoms with E-state index < -0.39 is 0 Å². The van der Waals surface area contributed by atoms with Crippen LogP contribution in [0.3, 0.4) is 0 Å². The summed E-state index contributed by atoms with van der Waals surface area (Å²) in [6, 6.07) is 0. The average molecular weight is 318 g/mol. The van der Waals surface area contributed by atoms with Crippen LogP contribution in [0.4, 0.5) is 0 Å². The molecule has 0 atom stereocenters. The highest BCUT2D eigenvalue weighted by Crippen LogP contribution is 2.09. The predicted octanol–water partition coefficient (Wildman–Crippen LogP) is 2.32. The molecule has 72 valence electrons. The molecule has 0 amide bonds. The Morgan fingerprint density at radius 3 is 2.43 bits per heavy atom. The van der Waals surface area contributed by atoms with Crippen molar-refractivity contribution >= 4 is 31.9 Å². The van der Waals surface area contributed by atoms with E-state index in [1.165, 1.54) is 0 Å². The van der Waals surface area contributed by atoms with Crippen molar-refractivity contribution in [2.24, 2.45) is 0 Å². The maximum Gasteiger partial charge on any atom is 0.250 e. The molecule has 6 heteroatoms. The highest BCUT2D eigenvalue weighted by atomic mass is 79.9. The third-order valence-electron chi connectivity index (χ3n) is 1.60. The Labute approximate surface area is 97.6 Å². The van der Waals surface area contributed by atoms with Gasteiger partial charge in [-0.1, -0.05) is 15.9 Å². The summed E-state index contributed by atoms with van der Waals surface area (Å²) in [7, 11) is 0. The lowest BCUT2D eigenvalue weighted by atomic mass is 10.4. The van der Waals surface area contributed by atoms with E-state index in [0.29, 0.717) is 5.95 Å². The molecule has 0 aromatic carbocycles. The first-order valence-electron chi connectivity index (χ1n) is 3.87. The second kappa shape index (κ2) is 4.18. The Kier molecular flexibility index (Phi) is 2.93. The number of hydrogen-bond acceptors (Lipinski definition) is 3. The summed E-state index contributed by atoms with van der Waals surface area (Å²) < 4.78 is 2.52. The van der Waals surface area contributed by atoms with E-state index >= 15 is 0 Å².